The fourth-order valence-electron chi connectivity index (χ4n) is 2.50. The number of halogens is 1. The molecule has 1 N–H and O–H groups in total. The predicted octanol–water partition coefficient (Wildman–Crippen LogP) is 4.50. The van der Waals surface area contributed by atoms with Crippen molar-refractivity contribution in [2.45, 2.75) is 33.4 Å². The lowest BCUT2D eigenvalue weighted by Crippen LogP contribution is -2.23. The average molecular weight is 306 g/mol. The first kappa shape index (κ1) is 16.0. The lowest BCUT2D eigenvalue weighted by Gasteiger charge is -2.26. The Morgan fingerprint density at radius 3 is 2.76 bits per heavy atom. The summed E-state index contributed by atoms with van der Waals surface area (Å²) in [6.45, 7) is 7.67. The molecule has 2 nitrogen and oxygen atoms in total. The van der Waals surface area contributed by atoms with Gasteiger partial charge in [0.05, 0.1) is 6.54 Å². The van der Waals surface area contributed by atoms with E-state index in [1.807, 2.05) is 13.0 Å². The third-order valence-corrected chi connectivity index (χ3v) is 4.53. The van der Waals surface area contributed by atoms with E-state index >= 15 is 0 Å². The van der Waals surface area contributed by atoms with Crippen molar-refractivity contribution in [1.29, 1.82) is 0 Å². The number of hydrogen-bond acceptors (Lipinski definition) is 3. The predicted molar refractivity (Wildman–Crippen MR) is 89.7 cm³/mol. The Bertz CT molecular complexity index is 581. The van der Waals surface area contributed by atoms with Crippen molar-refractivity contribution in [3.8, 4) is 0 Å². The molecule has 0 fully saturated rings. The Kier molecular flexibility index (Phi) is 5.37. The van der Waals surface area contributed by atoms with Crippen LogP contribution in [0.4, 0.5) is 10.1 Å². The smallest absolute Gasteiger partial charge is 0.126 e. The standard InChI is InChI=1S/C17H23FN2S/c1-5-19-13(3)15-10-16(18)12(2)9-17(15)20(4)11-14-7-6-8-21-14/h6-10,13,19H,5,11H2,1-4H3. The SMILES string of the molecule is CCNC(C)c1cc(F)c(C)cc1N(C)Cc1cccs1. The minimum atomic E-state index is -0.136. The molecule has 0 aliphatic carbocycles. The van der Waals surface area contributed by atoms with Gasteiger partial charge in [-0.3, -0.25) is 0 Å². The van der Waals surface area contributed by atoms with Crippen LogP contribution in [-0.2, 0) is 6.54 Å². The number of rotatable bonds is 6. The summed E-state index contributed by atoms with van der Waals surface area (Å²) < 4.78 is 14.0. The first-order chi connectivity index (χ1) is 10.0. The molecule has 2 aromatic rings. The monoisotopic (exact) mass is 306 g/mol. The van der Waals surface area contributed by atoms with Gasteiger partial charge in [-0.1, -0.05) is 13.0 Å². The number of hydrogen-bond donors (Lipinski definition) is 1. The molecule has 1 aromatic heterocycles. The van der Waals surface area contributed by atoms with Gasteiger partial charge in [0.25, 0.3) is 0 Å². The Labute approximate surface area is 130 Å². The summed E-state index contributed by atoms with van der Waals surface area (Å²) in [6, 6.07) is 7.94. The van der Waals surface area contributed by atoms with Crippen LogP contribution in [0.1, 0.15) is 35.9 Å². The number of benzene rings is 1. The van der Waals surface area contributed by atoms with Crippen molar-refractivity contribution in [2.24, 2.45) is 0 Å². The molecule has 114 valence electrons. The maximum atomic E-state index is 14.0. The quantitative estimate of drug-likeness (QED) is 0.845. The molecule has 1 aromatic carbocycles. The highest BCUT2D eigenvalue weighted by atomic mass is 32.1. The second kappa shape index (κ2) is 7.05. The molecule has 4 heteroatoms. The van der Waals surface area contributed by atoms with Crippen molar-refractivity contribution in [3.63, 3.8) is 0 Å². The largest absolute Gasteiger partial charge is 0.369 e. The van der Waals surface area contributed by atoms with Crippen LogP contribution < -0.4 is 10.2 Å². The van der Waals surface area contributed by atoms with Gasteiger partial charge in [0.2, 0.25) is 0 Å². The van der Waals surface area contributed by atoms with Crippen LogP contribution in [0.25, 0.3) is 0 Å². The van der Waals surface area contributed by atoms with Gasteiger partial charge < -0.3 is 10.2 Å². The zero-order valence-electron chi connectivity index (χ0n) is 13.1. The third-order valence-electron chi connectivity index (χ3n) is 3.67. The first-order valence-corrected chi connectivity index (χ1v) is 8.17. The maximum absolute atomic E-state index is 14.0. The molecule has 1 heterocycles. The molecule has 0 amide bonds. The Balaban J connectivity index is 2.33. The topological polar surface area (TPSA) is 15.3 Å². The van der Waals surface area contributed by atoms with Crippen molar-refractivity contribution in [2.75, 3.05) is 18.5 Å². The second-order valence-corrected chi connectivity index (χ2v) is 6.41. The fraction of sp³-hybridized carbons (Fsp3) is 0.412. The minimum absolute atomic E-state index is 0.130. The molecule has 1 atom stereocenters. The highest BCUT2D eigenvalue weighted by molar-refractivity contribution is 7.09. The van der Waals surface area contributed by atoms with Gasteiger partial charge >= 0.3 is 0 Å². The first-order valence-electron chi connectivity index (χ1n) is 7.29. The number of thiophene rings is 1. The van der Waals surface area contributed by atoms with Crippen LogP contribution in [-0.4, -0.2) is 13.6 Å². The summed E-state index contributed by atoms with van der Waals surface area (Å²) in [5.74, 6) is -0.136. The lowest BCUT2D eigenvalue weighted by molar-refractivity contribution is 0.578. The summed E-state index contributed by atoms with van der Waals surface area (Å²) in [7, 11) is 2.06. The summed E-state index contributed by atoms with van der Waals surface area (Å²) >= 11 is 1.75. The van der Waals surface area contributed by atoms with Crippen LogP contribution in [0, 0.1) is 12.7 Å². The Morgan fingerprint density at radius 2 is 2.14 bits per heavy atom. The molecule has 0 bridgehead atoms. The van der Waals surface area contributed by atoms with Crippen LogP contribution in [0.2, 0.25) is 0 Å². The molecule has 0 saturated heterocycles. The van der Waals surface area contributed by atoms with Crippen LogP contribution in [0.5, 0.6) is 0 Å². The molecule has 0 saturated carbocycles. The molecular weight excluding hydrogens is 283 g/mol. The van der Waals surface area contributed by atoms with E-state index in [-0.39, 0.29) is 11.9 Å². The summed E-state index contributed by atoms with van der Waals surface area (Å²) in [5, 5.41) is 5.46. The Morgan fingerprint density at radius 1 is 1.38 bits per heavy atom. The van der Waals surface area contributed by atoms with Crippen molar-refractivity contribution in [1.82, 2.24) is 5.32 Å². The summed E-state index contributed by atoms with van der Waals surface area (Å²) in [6.07, 6.45) is 0. The molecule has 0 spiro atoms. The van der Waals surface area contributed by atoms with Gasteiger partial charge in [0, 0.05) is 23.7 Å². The Hall–Kier alpha value is -1.39. The van der Waals surface area contributed by atoms with Crippen molar-refractivity contribution in [3.05, 3.63) is 51.5 Å². The minimum Gasteiger partial charge on any atom is -0.369 e. The molecular formula is C17H23FN2S. The number of aryl methyl sites for hydroxylation is 1. The highest BCUT2D eigenvalue weighted by Crippen LogP contribution is 2.30. The fourth-order valence-corrected chi connectivity index (χ4v) is 3.25. The van der Waals surface area contributed by atoms with Crippen LogP contribution in [0.15, 0.2) is 29.6 Å². The van der Waals surface area contributed by atoms with Gasteiger partial charge in [0.1, 0.15) is 5.82 Å². The highest BCUT2D eigenvalue weighted by Gasteiger charge is 2.16. The molecule has 2 rings (SSSR count). The number of nitrogens with zero attached hydrogens (tertiary/aromatic N) is 1. The van der Waals surface area contributed by atoms with E-state index in [9.17, 15) is 4.39 Å². The van der Waals surface area contributed by atoms with Crippen molar-refractivity contribution >= 4 is 17.0 Å². The molecule has 0 aliphatic rings. The van der Waals surface area contributed by atoms with E-state index in [1.54, 1.807) is 17.4 Å². The van der Waals surface area contributed by atoms with Gasteiger partial charge in [-0.25, -0.2) is 4.39 Å². The van der Waals surface area contributed by atoms with E-state index in [1.165, 1.54) is 4.88 Å². The van der Waals surface area contributed by atoms with E-state index < -0.39 is 0 Å². The van der Waals surface area contributed by atoms with Crippen LogP contribution in [0.3, 0.4) is 0 Å². The van der Waals surface area contributed by atoms with E-state index in [0.717, 1.165) is 24.3 Å². The average Bonchev–Trinajstić information content (AvgIpc) is 2.94. The molecule has 1 unspecified atom stereocenters. The summed E-state index contributed by atoms with van der Waals surface area (Å²) in [4.78, 5) is 3.50. The van der Waals surface area contributed by atoms with Crippen LogP contribution >= 0.6 is 11.3 Å². The van der Waals surface area contributed by atoms with Gasteiger partial charge in [0.15, 0.2) is 0 Å². The van der Waals surface area contributed by atoms with E-state index in [2.05, 4.69) is 48.6 Å². The van der Waals surface area contributed by atoms with E-state index in [4.69, 9.17) is 0 Å². The van der Waals surface area contributed by atoms with Gasteiger partial charge in [-0.15, -0.1) is 11.3 Å². The number of anilines is 1. The molecule has 21 heavy (non-hydrogen) atoms. The van der Waals surface area contributed by atoms with Gasteiger partial charge in [-0.2, -0.15) is 0 Å². The number of nitrogens with one attached hydrogen (secondary N) is 1. The zero-order valence-corrected chi connectivity index (χ0v) is 13.9. The third kappa shape index (κ3) is 3.83. The maximum Gasteiger partial charge on any atom is 0.126 e. The zero-order chi connectivity index (χ0) is 15.4. The normalized spacial score (nSPS) is 12.4. The van der Waals surface area contributed by atoms with E-state index in [0.29, 0.717) is 5.56 Å². The van der Waals surface area contributed by atoms with Crippen molar-refractivity contribution < 1.29 is 4.39 Å². The van der Waals surface area contributed by atoms with Gasteiger partial charge in [-0.05, 0) is 55.1 Å². The second-order valence-electron chi connectivity index (χ2n) is 5.37. The summed E-state index contributed by atoms with van der Waals surface area (Å²) in [5.41, 5.74) is 2.80. The molecule has 0 aliphatic heterocycles. The molecule has 0 radical (unpaired) electrons. The lowest BCUT2D eigenvalue weighted by atomic mass is 10.0.